The maximum atomic E-state index is 5.01. The van der Waals surface area contributed by atoms with Crippen LogP contribution in [-0.4, -0.2) is 14.2 Å². The van der Waals surface area contributed by atoms with Gasteiger partial charge in [-0.05, 0) is 19.9 Å². The van der Waals surface area contributed by atoms with Gasteiger partial charge in [-0.2, -0.15) is 0 Å². The van der Waals surface area contributed by atoms with Gasteiger partial charge in [0, 0.05) is 0 Å². The molecule has 0 radical (unpaired) electrons. The molecule has 12 heavy (non-hydrogen) atoms. The molecule has 0 aliphatic carbocycles. The van der Waals surface area contributed by atoms with Gasteiger partial charge in [-0.15, -0.1) is 0 Å². The highest BCUT2D eigenvalue weighted by atomic mass is 16.5. The van der Waals surface area contributed by atoms with E-state index in [1.165, 1.54) is 5.57 Å². The first-order valence-electron chi connectivity index (χ1n) is 3.82. The third-order valence-corrected chi connectivity index (χ3v) is 1.44. The molecule has 0 spiro atoms. The minimum atomic E-state index is 0.707. The number of ether oxygens (including phenoxy) is 2. The molecule has 0 aromatic carbocycles. The Morgan fingerprint density at radius 1 is 1.17 bits per heavy atom. The lowest BCUT2D eigenvalue weighted by molar-refractivity contribution is 0.261. The normalized spacial score (nSPS) is 13.7. The summed E-state index contributed by atoms with van der Waals surface area (Å²) in [6.45, 7) is 4.02. The summed E-state index contributed by atoms with van der Waals surface area (Å²) in [4.78, 5) is 0. The zero-order chi connectivity index (χ0) is 9.40. The number of hydrogen-bond acceptors (Lipinski definition) is 2. The molecule has 68 valence electrons. The standard InChI is InChI=1S/C10H16O2/c1-5-9(2)6-7-10(12-4)8-11-3/h5-8H,1-4H3/b7-6-,9-5-,10-8-. The summed E-state index contributed by atoms with van der Waals surface area (Å²) < 4.78 is 9.81. The van der Waals surface area contributed by atoms with Crippen molar-refractivity contribution in [3.63, 3.8) is 0 Å². The lowest BCUT2D eigenvalue weighted by atomic mass is 10.2. The molecule has 0 fully saturated rings. The molecule has 2 nitrogen and oxygen atoms in total. The van der Waals surface area contributed by atoms with E-state index in [0.717, 1.165) is 0 Å². The van der Waals surface area contributed by atoms with Crippen molar-refractivity contribution in [2.45, 2.75) is 13.8 Å². The summed E-state index contributed by atoms with van der Waals surface area (Å²) in [6, 6.07) is 0. The summed E-state index contributed by atoms with van der Waals surface area (Å²) >= 11 is 0. The van der Waals surface area contributed by atoms with E-state index in [2.05, 4.69) is 0 Å². The van der Waals surface area contributed by atoms with Crippen LogP contribution in [0.5, 0.6) is 0 Å². The smallest absolute Gasteiger partial charge is 0.153 e. The number of methoxy groups -OCH3 is 2. The highest BCUT2D eigenvalue weighted by Gasteiger charge is 1.87. The fourth-order valence-corrected chi connectivity index (χ4v) is 0.581. The Kier molecular flexibility index (Phi) is 5.88. The molecule has 0 N–H and O–H groups in total. The molecule has 0 heterocycles. The van der Waals surface area contributed by atoms with Crippen molar-refractivity contribution < 1.29 is 9.47 Å². The third kappa shape index (κ3) is 4.61. The molecule has 0 saturated carbocycles. The predicted octanol–water partition coefficient (Wildman–Crippen LogP) is 2.64. The van der Waals surface area contributed by atoms with Gasteiger partial charge in [0.1, 0.15) is 6.26 Å². The van der Waals surface area contributed by atoms with Gasteiger partial charge in [-0.1, -0.05) is 17.7 Å². The molecule has 0 saturated heterocycles. The van der Waals surface area contributed by atoms with Crippen molar-refractivity contribution in [2.24, 2.45) is 0 Å². The van der Waals surface area contributed by atoms with Crippen LogP contribution in [0.4, 0.5) is 0 Å². The highest BCUT2D eigenvalue weighted by Crippen LogP contribution is 2.01. The largest absolute Gasteiger partial charge is 0.501 e. The first kappa shape index (κ1) is 10.8. The average Bonchev–Trinajstić information content (AvgIpc) is 2.11. The first-order chi connectivity index (χ1) is 5.74. The van der Waals surface area contributed by atoms with E-state index in [0.29, 0.717) is 5.76 Å². The van der Waals surface area contributed by atoms with Gasteiger partial charge in [-0.25, -0.2) is 0 Å². The Labute approximate surface area is 74.2 Å². The third-order valence-electron chi connectivity index (χ3n) is 1.44. The van der Waals surface area contributed by atoms with Crippen LogP contribution in [0.2, 0.25) is 0 Å². The monoisotopic (exact) mass is 168 g/mol. The van der Waals surface area contributed by atoms with Gasteiger partial charge in [0.15, 0.2) is 5.76 Å². The first-order valence-corrected chi connectivity index (χ1v) is 3.82. The molecule has 0 aromatic rings. The second kappa shape index (κ2) is 6.53. The van der Waals surface area contributed by atoms with Gasteiger partial charge >= 0.3 is 0 Å². The number of allylic oxidation sites excluding steroid dienone is 4. The lowest BCUT2D eigenvalue weighted by Gasteiger charge is -1.98. The molecule has 0 atom stereocenters. The Morgan fingerprint density at radius 2 is 1.83 bits per heavy atom. The molecular formula is C10H16O2. The van der Waals surface area contributed by atoms with Crippen molar-refractivity contribution in [2.75, 3.05) is 14.2 Å². The summed E-state index contributed by atoms with van der Waals surface area (Å²) in [5.74, 6) is 0.707. The predicted molar refractivity (Wildman–Crippen MR) is 50.7 cm³/mol. The second-order valence-corrected chi connectivity index (χ2v) is 2.33. The van der Waals surface area contributed by atoms with Crippen LogP contribution in [0.1, 0.15) is 13.8 Å². The zero-order valence-electron chi connectivity index (χ0n) is 8.13. The van der Waals surface area contributed by atoms with Gasteiger partial charge in [0.25, 0.3) is 0 Å². The Morgan fingerprint density at radius 3 is 2.25 bits per heavy atom. The second-order valence-electron chi connectivity index (χ2n) is 2.33. The average molecular weight is 168 g/mol. The zero-order valence-corrected chi connectivity index (χ0v) is 8.13. The van der Waals surface area contributed by atoms with Gasteiger partial charge in [0.05, 0.1) is 14.2 Å². The van der Waals surface area contributed by atoms with Crippen LogP contribution in [0.25, 0.3) is 0 Å². The Balaban J connectivity index is 4.20. The molecular weight excluding hydrogens is 152 g/mol. The Bertz CT molecular complexity index is 200. The fourth-order valence-electron chi connectivity index (χ4n) is 0.581. The minimum Gasteiger partial charge on any atom is -0.501 e. The molecule has 0 unspecified atom stereocenters. The van der Waals surface area contributed by atoms with E-state index in [1.54, 1.807) is 20.5 Å². The molecule has 0 amide bonds. The van der Waals surface area contributed by atoms with Gasteiger partial charge < -0.3 is 9.47 Å². The van der Waals surface area contributed by atoms with Crippen LogP contribution in [0, 0.1) is 0 Å². The van der Waals surface area contributed by atoms with Gasteiger partial charge in [0.2, 0.25) is 0 Å². The molecule has 0 bridgehead atoms. The number of rotatable bonds is 4. The van der Waals surface area contributed by atoms with Crippen molar-refractivity contribution in [1.29, 1.82) is 0 Å². The van der Waals surface area contributed by atoms with Crippen LogP contribution < -0.4 is 0 Å². The van der Waals surface area contributed by atoms with E-state index in [9.17, 15) is 0 Å². The maximum absolute atomic E-state index is 5.01. The van der Waals surface area contributed by atoms with E-state index in [1.807, 2.05) is 32.1 Å². The SMILES string of the molecule is C\C=C(C)/C=C\C(=C\OC)OC. The van der Waals surface area contributed by atoms with Crippen LogP contribution in [0.3, 0.4) is 0 Å². The summed E-state index contributed by atoms with van der Waals surface area (Å²) in [5, 5.41) is 0. The van der Waals surface area contributed by atoms with E-state index < -0.39 is 0 Å². The topological polar surface area (TPSA) is 18.5 Å². The quantitative estimate of drug-likeness (QED) is 0.474. The van der Waals surface area contributed by atoms with Crippen LogP contribution in [-0.2, 0) is 9.47 Å². The van der Waals surface area contributed by atoms with Crippen molar-refractivity contribution in [3.8, 4) is 0 Å². The maximum Gasteiger partial charge on any atom is 0.153 e. The molecule has 2 heteroatoms. The number of hydrogen-bond donors (Lipinski definition) is 0. The highest BCUT2D eigenvalue weighted by molar-refractivity contribution is 5.22. The lowest BCUT2D eigenvalue weighted by Crippen LogP contribution is -1.83. The molecule has 0 aromatic heterocycles. The summed E-state index contributed by atoms with van der Waals surface area (Å²) in [7, 11) is 3.20. The van der Waals surface area contributed by atoms with Crippen molar-refractivity contribution in [1.82, 2.24) is 0 Å². The Hall–Kier alpha value is -1.18. The van der Waals surface area contributed by atoms with E-state index in [4.69, 9.17) is 9.47 Å². The van der Waals surface area contributed by atoms with Crippen molar-refractivity contribution >= 4 is 0 Å². The molecule has 0 aliphatic rings. The minimum absolute atomic E-state index is 0.707. The van der Waals surface area contributed by atoms with Gasteiger partial charge in [-0.3, -0.25) is 0 Å². The summed E-state index contributed by atoms with van der Waals surface area (Å²) in [5.41, 5.74) is 1.19. The van der Waals surface area contributed by atoms with Crippen LogP contribution >= 0.6 is 0 Å². The molecule has 0 rings (SSSR count). The fraction of sp³-hybridized carbons (Fsp3) is 0.400. The molecule has 0 aliphatic heterocycles. The summed E-state index contributed by atoms with van der Waals surface area (Å²) in [6.07, 6.45) is 7.41. The van der Waals surface area contributed by atoms with E-state index >= 15 is 0 Å². The van der Waals surface area contributed by atoms with E-state index in [-0.39, 0.29) is 0 Å². The van der Waals surface area contributed by atoms with Crippen LogP contribution in [0.15, 0.2) is 35.8 Å². The van der Waals surface area contributed by atoms with Crippen molar-refractivity contribution in [3.05, 3.63) is 35.8 Å².